The summed E-state index contributed by atoms with van der Waals surface area (Å²) in [6.45, 7) is 1.74. The highest BCUT2D eigenvalue weighted by atomic mass is 19.4. The lowest BCUT2D eigenvalue weighted by Gasteiger charge is -2.29. The molecule has 1 aromatic carbocycles. The number of likely N-dealkylation sites (tertiary alicyclic amines) is 1. The van der Waals surface area contributed by atoms with Gasteiger partial charge in [-0.15, -0.1) is 0 Å². The molecule has 3 fully saturated rings. The molecule has 4 nitrogen and oxygen atoms in total. The molecule has 1 amide bonds. The molecule has 3 aliphatic rings. The van der Waals surface area contributed by atoms with E-state index in [2.05, 4.69) is 5.32 Å². The van der Waals surface area contributed by atoms with Crippen molar-refractivity contribution < 1.29 is 22.7 Å². The van der Waals surface area contributed by atoms with Crippen molar-refractivity contribution in [1.29, 1.82) is 0 Å². The lowest BCUT2D eigenvalue weighted by molar-refractivity contribution is -0.138. The van der Waals surface area contributed by atoms with Crippen molar-refractivity contribution in [3.8, 4) is 0 Å². The van der Waals surface area contributed by atoms with Crippen LogP contribution >= 0.6 is 0 Å². The quantitative estimate of drug-likeness (QED) is 0.869. The number of rotatable bonds is 5. The number of amides is 1. The number of fused-ring (bicyclic) bond motifs is 1. The maximum absolute atomic E-state index is 12.5. The molecule has 7 heteroatoms. The fourth-order valence-electron chi connectivity index (χ4n) is 4.92. The van der Waals surface area contributed by atoms with Crippen LogP contribution in [0.25, 0.3) is 0 Å². The number of ether oxygens (including phenoxy) is 1. The average molecular weight is 368 g/mol. The third-order valence-corrected chi connectivity index (χ3v) is 6.10. The maximum Gasteiger partial charge on any atom is 0.390 e. The standard InChI is InChI=1S/C19H23F3N2O2/c20-19(21,22)8-9-24-11-15-14(16-6-7-18(15,12-24)26-16)10-23-17(25)13-4-2-1-3-5-13/h1-5,14-16H,6-12H2,(H,23,25)/t14-,15+,16+,18+/m0/s1. The van der Waals surface area contributed by atoms with Gasteiger partial charge in [0.15, 0.2) is 0 Å². The zero-order chi connectivity index (χ0) is 18.4. The van der Waals surface area contributed by atoms with E-state index in [0.717, 1.165) is 12.8 Å². The molecule has 1 aromatic rings. The summed E-state index contributed by atoms with van der Waals surface area (Å²) in [5, 5.41) is 2.99. The van der Waals surface area contributed by atoms with Crippen molar-refractivity contribution >= 4 is 5.91 Å². The molecule has 0 radical (unpaired) electrons. The van der Waals surface area contributed by atoms with Crippen molar-refractivity contribution in [2.24, 2.45) is 11.8 Å². The Morgan fingerprint density at radius 2 is 2.08 bits per heavy atom. The number of nitrogens with zero attached hydrogens (tertiary/aromatic N) is 1. The first-order valence-corrected chi connectivity index (χ1v) is 9.16. The van der Waals surface area contributed by atoms with Gasteiger partial charge in [0.1, 0.15) is 0 Å². The van der Waals surface area contributed by atoms with Gasteiger partial charge in [0.2, 0.25) is 0 Å². The van der Waals surface area contributed by atoms with Gasteiger partial charge in [-0.2, -0.15) is 13.2 Å². The van der Waals surface area contributed by atoms with Gasteiger partial charge in [0.25, 0.3) is 5.91 Å². The fourth-order valence-corrected chi connectivity index (χ4v) is 4.92. The van der Waals surface area contributed by atoms with Crippen LogP contribution in [-0.2, 0) is 4.74 Å². The number of hydrogen-bond acceptors (Lipinski definition) is 3. The lowest BCUT2D eigenvalue weighted by Crippen LogP contribution is -2.41. The molecule has 0 aromatic heterocycles. The Morgan fingerprint density at radius 1 is 1.31 bits per heavy atom. The minimum Gasteiger partial charge on any atom is -0.370 e. The second-order valence-corrected chi connectivity index (χ2v) is 7.71. The number of benzene rings is 1. The summed E-state index contributed by atoms with van der Waals surface area (Å²) >= 11 is 0. The third kappa shape index (κ3) is 3.34. The molecule has 142 valence electrons. The molecule has 1 N–H and O–H groups in total. The van der Waals surface area contributed by atoms with Crippen LogP contribution in [0.5, 0.6) is 0 Å². The Morgan fingerprint density at radius 3 is 2.81 bits per heavy atom. The highest BCUT2D eigenvalue weighted by Gasteiger charge is 2.62. The molecule has 4 atom stereocenters. The van der Waals surface area contributed by atoms with E-state index in [0.29, 0.717) is 25.2 Å². The summed E-state index contributed by atoms with van der Waals surface area (Å²) in [5.74, 6) is 0.257. The summed E-state index contributed by atoms with van der Waals surface area (Å²) in [7, 11) is 0. The molecule has 3 heterocycles. The van der Waals surface area contributed by atoms with Gasteiger partial charge in [0, 0.05) is 43.6 Å². The summed E-state index contributed by atoms with van der Waals surface area (Å²) in [6, 6.07) is 9.03. The molecular weight excluding hydrogens is 345 g/mol. The first kappa shape index (κ1) is 17.8. The van der Waals surface area contributed by atoms with E-state index in [1.54, 1.807) is 12.1 Å². The zero-order valence-electron chi connectivity index (χ0n) is 14.5. The van der Waals surface area contributed by atoms with Crippen LogP contribution in [0.15, 0.2) is 30.3 Å². The highest BCUT2D eigenvalue weighted by Crippen LogP contribution is 2.54. The minimum atomic E-state index is -4.13. The van der Waals surface area contributed by atoms with Crippen LogP contribution in [0, 0.1) is 11.8 Å². The topological polar surface area (TPSA) is 41.6 Å². The molecule has 1 spiro atoms. The summed E-state index contributed by atoms with van der Waals surface area (Å²) in [5.41, 5.74) is 0.308. The van der Waals surface area contributed by atoms with Gasteiger partial charge in [-0.05, 0) is 25.0 Å². The molecule has 0 saturated carbocycles. The monoisotopic (exact) mass is 368 g/mol. The third-order valence-electron chi connectivity index (χ3n) is 6.10. The summed E-state index contributed by atoms with van der Waals surface area (Å²) in [4.78, 5) is 14.2. The van der Waals surface area contributed by atoms with Crippen molar-refractivity contribution in [2.45, 2.75) is 37.1 Å². The second-order valence-electron chi connectivity index (χ2n) is 7.71. The van der Waals surface area contributed by atoms with Crippen LogP contribution in [0.4, 0.5) is 13.2 Å². The minimum absolute atomic E-state index is 0.0267. The van der Waals surface area contributed by atoms with Crippen LogP contribution in [-0.4, -0.2) is 54.9 Å². The maximum atomic E-state index is 12.5. The Hall–Kier alpha value is -1.60. The van der Waals surface area contributed by atoms with E-state index >= 15 is 0 Å². The molecule has 0 aliphatic carbocycles. The number of halogens is 3. The fraction of sp³-hybridized carbons (Fsp3) is 0.632. The summed E-state index contributed by atoms with van der Waals surface area (Å²) in [6.07, 6.45) is -2.96. The predicted molar refractivity (Wildman–Crippen MR) is 89.7 cm³/mol. The predicted octanol–water partition coefficient (Wildman–Crippen LogP) is 2.85. The van der Waals surface area contributed by atoms with Crippen LogP contribution < -0.4 is 5.32 Å². The number of nitrogens with one attached hydrogen (secondary N) is 1. The van der Waals surface area contributed by atoms with Crippen molar-refractivity contribution in [3.05, 3.63) is 35.9 Å². The van der Waals surface area contributed by atoms with E-state index in [4.69, 9.17) is 4.74 Å². The first-order chi connectivity index (χ1) is 12.4. The van der Waals surface area contributed by atoms with E-state index in [1.807, 2.05) is 23.1 Å². The van der Waals surface area contributed by atoms with Gasteiger partial charge < -0.3 is 10.1 Å². The smallest absolute Gasteiger partial charge is 0.370 e. The summed E-state index contributed by atoms with van der Waals surface area (Å²) < 4.78 is 43.8. The molecule has 3 saturated heterocycles. The van der Waals surface area contributed by atoms with E-state index in [9.17, 15) is 18.0 Å². The second kappa shape index (κ2) is 6.53. The largest absolute Gasteiger partial charge is 0.390 e. The van der Waals surface area contributed by atoms with Gasteiger partial charge in [-0.25, -0.2) is 0 Å². The molecule has 2 bridgehead atoms. The SMILES string of the molecule is O=C(NC[C@H]1[C@H]2CN(CCC(F)(F)F)C[C@]23CC[C@H]1O3)c1ccccc1. The van der Waals surface area contributed by atoms with Crippen LogP contribution in [0.3, 0.4) is 0 Å². The Bertz CT molecular complexity index is 666. The van der Waals surface area contributed by atoms with E-state index in [1.165, 1.54) is 0 Å². The van der Waals surface area contributed by atoms with Gasteiger partial charge in [-0.3, -0.25) is 9.69 Å². The van der Waals surface area contributed by atoms with E-state index < -0.39 is 12.6 Å². The van der Waals surface area contributed by atoms with Gasteiger partial charge in [0.05, 0.1) is 18.1 Å². The first-order valence-electron chi connectivity index (χ1n) is 9.16. The average Bonchev–Trinajstić information content (AvgIpc) is 3.26. The van der Waals surface area contributed by atoms with E-state index in [-0.39, 0.29) is 36.0 Å². The number of hydrogen-bond donors (Lipinski definition) is 1. The van der Waals surface area contributed by atoms with Gasteiger partial charge in [-0.1, -0.05) is 18.2 Å². The Balaban J connectivity index is 1.37. The molecular formula is C19H23F3N2O2. The van der Waals surface area contributed by atoms with Crippen LogP contribution in [0.2, 0.25) is 0 Å². The number of carbonyl (C=O) groups excluding carboxylic acids is 1. The highest BCUT2D eigenvalue weighted by molar-refractivity contribution is 5.94. The Labute approximate surface area is 150 Å². The number of carbonyl (C=O) groups is 1. The molecule has 26 heavy (non-hydrogen) atoms. The van der Waals surface area contributed by atoms with Crippen molar-refractivity contribution in [2.75, 3.05) is 26.2 Å². The molecule has 0 unspecified atom stereocenters. The van der Waals surface area contributed by atoms with Crippen molar-refractivity contribution in [1.82, 2.24) is 10.2 Å². The molecule has 4 rings (SSSR count). The lowest BCUT2D eigenvalue weighted by atomic mass is 9.73. The normalized spacial score (nSPS) is 33.4. The molecule has 3 aliphatic heterocycles. The Kier molecular flexibility index (Phi) is 4.47. The zero-order valence-corrected chi connectivity index (χ0v) is 14.5. The van der Waals surface area contributed by atoms with Crippen LogP contribution in [0.1, 0.15) is 29.6 Å². The van der Waals surface area contributed by atoms with Gasteiger partial charge >= 0.3 is 6.18 Å². The van der Waals surface area contributed by atoms with Crippen molar-refractivity contribution in [3.63, 3.8) is 0 Å². The number of alkyl halides is 3.